The van der Waals surface area contributed by atoms with Crippen molar-refractivity contribution < 1.29 is 14.3 Å². The first-order chi connectivity index (χ1) is 14.5. The van der Waals surface area contributed by atoms with E-state index in [1.807, 2.05) is 6.92 Å². The van der Waals surface area contributed by atoms with Gasteiger partial charge in [0.2, 0.25) is 11.8 Å². The van der Waals surface area contributed by atoms with Crippen molar-refractivity contribution in [1.82, 2.24) is 9.97 Å². The molecule has 2 aromatic carbocycles. The lowest BCUT2D eigenvalue weighted by molar-refractivity contribution is -0.116. The van der Waals surface area contributed by atoms with Crippen LogP contribution in [0, 0.1) is 0 Å². The van der Waals surface area contributed by atoms with Crippen LogP contribution in [-0.4, -0.2) is 21.8 Å². The van der Waals surface area contributed by atoms with Gasteiger partial charge in [0.15, 0.2) is 0 Å². The lowest BCUT2D eigenvalue weighted by Gasteiger charge is -2.14. The van der Waals surface area contributed by atoms with Gasteiger partial charge < -0.3 is 15.4 Å². The summed E-state index contributed by atoms with van der Waals surface area (Å²) in [5.74, 6) is 0.0652. The van der Waals surface area contributed by atoms with Gasteiger partial charge in [-0.3, -0.25) is 14.6 Å². The highest BCUT2D eigenvalue weighted by molar-refractivity contribution is 6.38. The van der Waals surface area contributed by atoms with Crippen LogP contribution in [0.3, 0.4) is 0 Å². The topological polar surface area (TPSA) is 93.2 Å². The first-order valence-corrected chi connectivity index (χ1v) is 9.86. The van der Waals surface area contributed by atoms with E-state index in [0.29, 0.717) is 30.2 Å². The molecule has 0 saturated carbocycles. The van der Waals surface area contributed by atoms with E-state index in [0.717, 1.165) is 0 Å². The maximum atomic E-state index is 12.9. The highest BCUT2D eigenvalue weighted by Gasteiger charge is 2.18. The fraction of sp³-hybridized carbons (Fsp3) is 0.143. The summed E-state index contributed by atoms with van der Waals surface area (Å²) in [4.78, 5) is 32.9. The summed E-state index contributed by atoms with van der Waals surface area (Å²) >= 11 is 12.3. The number of ether oxygens (including phenoxy) is 1. The number of aromatic nitrogens is 2. The molecule has 154 valence electrons. The molecule has 0 bridgehead atoms. The molecule has 2 amide bonds. The number of carbonyl (C=O) groups is 2. The van der Waals surface area contributed by atoms with Crippen molar-refractivity contribution >= 4 is 46.4 Å². The third-order valence-corrected chi connectivity index (χ3v) is 4.41. The number of anilines is 2. The molecule has 0 spiro atoms. The van der Waals surface area contributed by atoms with Crippen molar-refractivity contribution in [3.63, 3.8) is 0 Å². The number of halogens is 2. The summed E-state index contributed by atoms with van der Waals surface area (Å²) in [7, 11) is 0. The number of nitrogens with one attached hydrogen (secondary N) is 2. The molecule has 0 fully saturated rings. The molecule has 3 rings (SSSR count). The van der Waals surface area contributed by atoms with Crippen LogP contribution in [0.2, 0.25) is 10.0 Å². The zero-order valence-electron chi connectivity index (χ0n) is 16.0. The Morgan fingerprint density at radius 3 is 2.67 bits per heavy atom. The molecular weight excluding hydrogens is 427 g/mol. The Morgan fingerprint density at radius 1 is 1.10 bits per heavy atom. The van der Waals surface area contributed by atoms with Crippen LogP contribution < -0.4 is 15.4 Å². The van der Waals surface area contributed by atoms with Gasteiger partial charge in [-0.05, 0) is 30.7 Å². The predicted molar refractivity (Wildman–Crippen MR) is 117 cm³/mol. The predicted octanol–water partition coefficient (Wildman–Crippen LogP) is 5.57. The van der Waals surface area contributed by atoms with Crippen LogP contribution in [0.5, 0.6) is 11.6 Å². The van der Waals surface area contributed by atoms with Crippen molar-refractivity contribution in [1.29, 1.82) is 0 Å². The Kier molecular flexibility index (Phi) is 7.21. The van der Waals surface area contributed by atoms with Gasteiger partial charge in [0.25, 0.3) is 5.91 Å². The zero-order valence-corrected chi connectivity index (χ0v) is 17.5. The first-order valence-electron chi connectivity index (χ1n) is 9.10. The zero-order chi connectivity index (χ0) is 21.5. The van der Waals surface area contributed by atoms with Crippen molar-refractivity contribution in [3.05, 3.63) is 70.6 Å². The summed E-state index contributed by atoms with van der Waals surface area (Å²) in [5, 5.41) is 5.90. The molecular formula is C21H18Cl2N4O3. The lowest BCUT2D eigenvalue weighted by atomic mass is 10.1. The van der Waals surface area contributed by atoms with Gasteiger partial charge >= 0.3 is 0 Å². The summed E-state index contributed by atoms with van der Waals surface area (Å²) < 4.78 is 5.62. The molecule has 7 nitrogen and oxygen atoms in total. The SMILES string of the molecule is CCCC(=O)Nc1c(Cl)cc(Cl)cc1C(=O)Nc1cccc(Oc2cnccn2)c1. The van der Waals surface area contributed by atoms with Gasteiger partial charge in [0.1, 0.15) is 5.75 Å². The maximum Gasteiger partial charge on any atom is 0.257 e. The van der Waals surface area contributed by atoms with Crippen molar-refractivity contribution in [2.45, 2.75) is 19.8 Å². The molecule has 0 atom stereocenters. The molecule has 0 radical (unpaired) electrons. The second kappa shape index (κ2) is 10.0. The van der Waals surface area contributed by atoms with E-state index in [-0.39, 0.29) is 27.2 Å². The molecule has 0 aliphatic carbocycles. The maximum absolute atomic E-state index is 12.9. The minimum absolute atomic E-state index is 0.150. The van der Waals surface area contributed by atoms with Crippen molar-refractivity contribution in [2.75, 3.05) is 10.6 Å². The van der Waals surface area contributed by atoms with Crippen LogP contribution in [-0.2, 0) is 4.79 Å². The average molecular weight is 445 g/mol. The van der Waals surface area contributed by atoms with E-state index in [9.17, 15) is 9.59 Å². The quantitative estimate of drug-likeness (QED) is 0.496. The van der Waals surface area contributed by atoms with E-state index in [1.54, 1.807) is 24.3 Å². The second-order valence-corrected chi connectivity index (χ2v) is 7.08. The standard InChI is InChI=1S/C21H18Cl2N4O3/c1-2-4-18(28)27-20-16(9-13(22)10-17(20)23)21(29)26-14-5-3-6-15(11-14)30-19-12-24-7-8-25-19/h3,5-12H,2,4H2,1H3,(H,26,29)(H,27,28). The van der Waals surface area contributed by atoms with Crippen LogP contribution in [0.15, 0.2) is 55.0 Å². The van der Waals surface area contributed by atoms with Crippen LogP contribution >= 0.6 is 23.2 Å². The van der Waals surface area contributed by atoms with Gasteiger partial charge in [0, 0.05) is 35.6 Å². The lowest BCUT2D eigenvalue weighted by Crippen LogP contribution is -2.18. The largest absolute Gasteiger partial charge is 0.437 e. The molecule has 9 heteroatoms. The molecule has 1 aromatic heterocycles. The fourth-order valence-corrected chi connectivity index (χ4v) is 3.14. The Bertz CT molecular complexity index is 1060. The number of carbonyl (C=O) groups excluding carboxylic acids is 2. The highest BCUT2D eigenvalue weighted by atomic mass is 35.5. The Hall–Kier alpha value is -3.16. The van der Waals surface area contributed by atoms with E-state index in [2.05, 4.69) is 20.6 Å². The third-order valence-electron chi connectivity index (χ3n) is 3.89. The molecule has 2 N–H and O–H groups in total. The second-order valence-electron chi connectivity index (χ2n) is 6.24. The summed E-state index contributed by atoms with van der Waals surface area (Å²) in [6.07, 6.45) is 5.50. The number of benzene rings is 2. The van der Waals surface area contributed by atoms with Gasteiger partial charge in [-0.25, -0.2) is 4.98 Å². The van der Waals surface area contributed by atoms with Crippen LogP contribution in [0.25, 0.3) is 0 Å². The molecule has 0 unspecified atom stereocenters. The Labute approximate surface area is 183 Å². The van der Waals surface area contributed by atoms with E-state index in [4.69, 9.17) is 27.9 Å². The highest BCUT2D eigenvalue weighted by Crippen LogP contribution is 2.31. The van der Waals surface area contributed by atoms with Crippen molar-refractivity contribution in [2.24, 2.45) is 0 Å². The van der Waals surface area contributed by atoms with E-state index >= 15 is 0 Å². The van der Waals surface area contributed by atoms with Crippen LogP contribution in [0.4, 0.5) is 11.4 Å². The minimum atomic E-state index is -0.483. The van der Waals surface area contributed by atoms with Gasteiger partial charge in [-0.15, -0.1) is 0 Å². The van der Waals surface area contributed by atoms with E-state index in [1.165, 1.54) is 30.7 Å². The van der Waals surface area contributed by atoms with Gasteiger partial charge in [0.05, 0.1) is 22.5 Å². The smallest absolute Gasteiger partial charge is 0.257 e. The number of hydrogen-bond acceptors (Lipinski definition) is 5. The first kappa shape index (κ1) is 21.5. The normalized spacial score (nSPS) is 10.4. The monoisotopic (exact) mass is 444 g/mol. The van der Waals surface area contributed by atoms with Crippen LogP contribution in [0.1, 0.15) is 30.1 Å². The molecule has 30 heavy (non-hydrogen) atoms. The summed E-state index contributed by atoms with van der Waals surface area (Å²) in [6.45, 7) is 1.88. The molecule has 1 heterocycles. The average Bonchev–Trinajstić information content (AvgIpc) is 2.71. The Morgan fingerprint density at radius 2 is 1.93 bits per heavy atom. The van der Waals surface area contributed by atoms with E-state index < -0.39 is 5.91 Å². The van der Waals surface area contributed by atoms with Crippen molar-refractivity contribution in [3.8, 4) is 11.6 Å². The fourth-order valence-electron chi connectivity index (χ4n) is 2.60. The summed E-state index contributed by atoms with van der Waals surface area (Å²) in [6, 6.07) is 9.69. The Balaban J connectivity index is 1.82. The number of nitrogens with zero attached hydrogens (tertiary/aromatic N) is 2. The van der Waals surface area contributed by atoms with Gasteiger partial charge in [-0.2, -0.15) is 0 Å². The van der Waals surface area contributed by atoms with Gasteiger partial charge in [-0.1, -0.05) is 36.2 Å². The summed E-state index contributed by atoms with van der Waals surface area (Å²) in [5.41, 5.74) is 0.838. The number of hydrogen-bond donors (Lipinski definition) is 2. The molecule has 0 saturated heterocycles. The number of amides is 2. The number of rotatable bonds is 7. The minimum Gasteiger partial charge on any atom is -0.437 e. The molecule has 0 aliphatic heterocycles. The molecule has 3 aromatic rings. The third kappa shape index (κ3) is 5.68. The molecule has 0 aliphatic rings.